The average Bonchev–Trinajstić information content (AvgIpc) is 2.53. The van der Waals surface area contributed by atoms with Gasteiger partial charge in [-0.2, -0.15) is 0 Å². The van der Waals surface area contributed by atoms with E-state index >= 15 is 0 Å². The maximum atomic E-state index is 2.62. The molecule has 0 fully saturated rings. The molecule has 0 aromatic heterocycles. The van der Waals surface area contributed by atoms with Crippen molar-refractivity contribution < 1.29 is 0 Å². The molecule has 2 heteroatoms. The van der Waals surface area contributed by atoms with Crippen LogP contribution in [0.3, 0.4) is 0 Å². The summed E-state index contributed by atoms with van der Waals surface area (Å²) in [6, 6.07) is 10.9. The molecular weight excluding hydrogens is 370 g/mol. The first-order chi connectivity index (χ1) is 10.3. The molecular formula is C19H31NTe. The molecule has 0 spiro atoms. The van der Waals surface area contributed by atoms with Gasteiger partial charge in [-0.15, -0.1) is 0 Å². The third-order valence-corrected chi connectivity index (χ3v) is 5.28. The van der Waals surface area contributed by atoms with Crippen molar-refractivity contribution in [2.45, 2.75) is 65.2 Å². The van der Waals surface area contributed by atoms with Crippen LogP contribution < -0.4 is 0 Å². The van der Waals surface area contributed by atoms with Crippen molar-refractivity contribution in [2.75, 3.05) is 13.1 Å². The Bertz CT molecular complexity index is 362. The van der Waals surface area contributed by atoms with Crippen LogP contribution in [0, 0.1) is 0 Å². The van der Waals surface area contributed by atoms with Crippen LogP contribution in [-0.2, 0) is 0 Å². The summed E-state index contributed by atoms with van der Waals surface area (Å²) in [6.45, 7) is 7.00. The quantitative estimate of drug-likeness (QED) is 0.360. The van der Waals surface area contributed by atoms with Gasteiger partial charge in [0, 0.05) is 0 Å². The van der Waals surface area contributed by atoms with Crippen molar-refractivity contribution in [3.8, 4) is 0 Å². The predicted molar refractivity (Wildman–Crippen MR) is 96.2 cm³/mol. The molecule has 118 valence electrons. The topological polar surface area (TPSA) is 3.24 Å². The molecule has 1 rings (SSSR count). The van der Waals surface area contributed by atoms with Crippen molar-refractivity contribution in [1.29, 1.82) is 0 Å². The van der Waals surface area contributed by atoms with Gasteiger partial charge in [-0.25, -0.2) is 0 Å². The number of nitrogens with zero attached hydrogens (tertiary/aromatic N) is 1. The van der Waals surface area contributed by atoms with Gasteiger partial charge in [-0.1, -0.05) is 0 Å². The number of hydrogen-bond acceptors (Lipinski definition) is 1. The Balaban J connectivity index is 2.51. The van der Waals surface area contributed by atoms with Gasteiger partial charge in [0.2, 0.25) is 0 Å². The molecule has 0 aliphatic heterocycles. The summed E-state index contributed by atoms with van der Waals surface area (Å²) in [6.07, 6.45) is 10.8. The fourth-order valence-electron chi connectivity index (χ4n) is 2.54. The monoisotopic (exact) mass is 403 g/mol. The van der Waals surface area contributed by atoms with Crippen molar-refractivity contribution in [1.82, 2.24) is 4.90 Å². The molecule has 0 saturated heterocycles. The molecule has 0 radical (unpaired) electrons. The van der Waals surface area contributed by atoms with Crippen LogP contribution in [0.15, 0.2) is 30.3 Å². The van der Waals surface area contributed by atoms with Crippen LogP contribution in [-0.4, -0.2) is 43.5 Å². The third kappa shape index (κ3) is 8.03. The first-order valence-electron chi connectivity index (χ1n) is 8.64. The van der Waals surface area contributed by atoms with E-state index in [2.05, 4.69) is 70.9 Å². The molecule has 1 aromatic carbocycles. The summed E-state index contributed by atoms with van der Waals surface area (Å²) in [5, 5.41) is 0. The Hall–Kier alpha value is -0.320. The van der Waals surface area contributed by atoms with Gasteiger partial charge in [-0.05, 0) is 0 Å². The van der Waals surface area contributed by atoms with Gasteiger partial charge < -0.3 is 0 Å². The van der Waals surface area contributed by atoms with E-state index in [0.717, 1.165) is 0 Å². The van der Waals surface area contributed by atoms with Gasteiger partial charge in [0.15, 0.2) is 0 Å². The molecule has 0 unspecified atom stereocenters. The van der Waals surface area contributed by atoms with Crippen LogP contribution in [0.1, 0.15) is 70.8 Å². The Labute approximate surface area is 144 Å². The zero-order valence-electron chi connectivity index (χ0n) is 13.8. The molecule has 0 aliphatic carbocycles. The Morgan fingerprint density at radius 1 is 0.810 bits per heavy atom. The molecule has 21 heavy (non-hydrogen) atoms. The van der Waals surface area contributed by atoms with E-state index in [9.17, 15) is 0 Å². The standard InChI is InChI=1S/C19H31NTe/c1-3-5-7-12-16-20(17-13-8-6-4-2)19(21)18-14-10-9-11-15-18/h9-11,14-15H,3-8,12-13,16-17H2,1-2H3. The number of benzene rings is 1. The molecule has 0 N–H and O–H groups in total. The zero-order chi connectivity index (χ0) is 15.3. The SMILES string of the molecule is CCCCCCN(CCCCCC)C(=[Te])c1ccccc1. The van der Waals surface area contributed by atoms with Crippen LogP contribution >= 0.6 is 0 Å². The van der Waals surface area contributed by atoms with Crippen LogP contribution in [0.2, 0.25) is 0 Å². The number of hydrogen-bond donors (Lipinski definition) is 0. The molecule has 0 aliphatic rings. The molecule has 0 amide bonds. The van der Waals surface area contributed by atoms with E-state index < -0.39 is 0 Å². The van der Waals surface area contributed by atoms with Gasteiger partial charge in [0.25, 0.3) is 0 Å². The van der Waals surface area contributed by atoms with E-state index in [1.54, 1.807) is 0 Å². The van der Waals surface area contributed by atoms with Crippen LogP contribution in [0.4, 0.5) is 0 Å². The molecule has 1 nitrogen and oxygen atoms in total. The second-order valence-electron chi connectivity index (χ2n) is 5.78. The van der Waals surface area contributed by atoms with Crippen molar-refractivity contribution in [2.24, 2.45) is 0 Å². The number of rotatable bonds is 12. The van der Waals surface area contributed by atoms with Crippen molar-refractivity contribution in [3.05, 3.63) is 35.9 Å². The first-order valence-corrected chi connectivity index (χ1v) is 9.80. The summed E-state index contributed by atoms with van der Waals surface area (Å²) >= 11 is 2.20. The molecule has 0 heterocycles. The van der Waals surface area contributed by atoms with Gasteiger partial charge in [-0.3, -0.25) is 0 Å². The third-order valence-electron chi connectivity index (χ3n) is 3.87. The van der Waals surface area contributed by atoms with E-state index in [0.29, 0.717) is 0 Å². The summed E-state index contributed by atoms with van der Waals surface area (Å²) in [7, 11) is 0. The first kappa shape index (κ1) is 18.7. The van der Waals surface area contributed by atoms with Gasteiger partial charge in [0.05, 0.1) is 0 Å². The predicted octanol–water partition coefficient (Wildman–Crippen LogP) is 4.80. The van der Waals surface area contributed by atoms with E-state index in [-0.39, 0.29) is 0 Å². The maximum absolute atomic E-state index is 2.62. The average molecular weight is 401 g/mol. The second-order valence-corrected chi connectivity index (χ2v) is 6.88. The minimum absolute atomic E-state index is 1.22. The zero-order valence-corrected chi connectivity index (χ0v) is 16.1. The van der Waals surface area contributed by atoms with Gasteiger partial charge in [0.1, 0.15) is 0 Å². The fraction of sp³-hybridized carbons (Fsp3) is 0.632. The summed E-state index contributed by atoms with van der Waals surface area (Å²) in [5.74, 6) is 0. The molecule has 0 atom stereocenters. The Kier molecular flexibility index (Phi) is 10.9. The fourth-order valence-corrected chi connectivity index (χ4v) is 3.45. The Morgan fingerprint density at radius 2 is 1.33 bits per heavy atom. The van der Waals surface area contributed by atoms with Gasteiger partial charge >= 0.3 is 145 Å². The van der Waals surface area contributed by atoms with E-state index in [1.807, 2.05) is 0 Å². The minimum atomic E-state index is 1.22. The summed E-state index contributed by atoms with van der Waals surface area (Å²) in [5.41, 5.74) is 1.38. The Morgan fingerprint density at radius 3 is 1.81 bits per heavy atom. The summed E-state index contributed by atoms with van der Waals surface area (Å²) < 4.78 is 1.46. The van der Waals surface area contributed by atoms with Crippen LogP contribution in [0.25, 0.3) is 0 Å². The molecule has 1 aromatic rings. The molecule has 0 bridgehead atoms. The van der Waals surface area contributed by atoms with Crippen LogP contribution in [0.5, 0.6) is 0 Å². The van der Waals surface area contributed by atoms with Crippen molar-refractivity contribution in [3.63, 3.8) is 0 Å². The normalized spacial score (nSPS) is 10.6. The van der Waals surface area contributed by atoms with E-state index in [1.165, 1.54) is 73.7 Å². The van der Waals surface area contributed by atoms with E-state index in [4.69, 9.17) is 0 Å². The second kappa shape index (κ2) is 12.2. The summed E-state index contributed by atoms with van der Waals surface area (Å²) in [4.78, 5) is 2.62. The van der Waals surface area contributed by atoms with Crippen molar-refractivity contribution >= 4 is 25.5 Å². The molecule has 0 saturated carbocycles. The number of unbranched alkanes of at least 4 members (excludes halogenated alkanes) is 6.